The zero-order valence-electron chi connectivity index (χ0n) is 10.5. The van der Waals surface area contributed by atoms with Gasteiger partial charge in [0.1, 0.15) is 5.71 Å². The van der Waals surface area contributed by atoms with Crippen molar-refractivity contribution in [2.75, 3.05) is 0 Å². The maximum atomic E-state index is 11.8. The molecule has 0 aliphatic carbocycles. The van der Waals surface area contributed by atoms with E-state index in [0.717, 1.165) is 0 Å². The predicted octanol–water partition coefficient (Wildman–Crippen LogP) is 0.477. The van der Waals surface area contributed by atoms with Crippen molar-refractivity contribution in [3.05, 3.63) is 39.9 Å². The van der Waals surface area contributed by atoms with Crippen molar-refractivity contribution < 1.29 is 14.5 Å². The molecule has 104 valence electrons. The molecule has 0 atom stereocenters. The molecule has 0 unspecified atom stereocenters. The maximum Gasteiger partial charge on any atom is 0.269 e. The third-order valence-corrected chi connectivity index (χ3v) is 2.74. The molecular weight excluding hydrogens is 264 g/mol. The predicted molar refractivity (Wildman–Crippen MR) is 69.8 cm³/mol. The van der Waals surface area contributed by atoms with E-state index in [1.54, 1.807) is 12.1 Å². The Balaban J connectivity index is 1.95. The monoisotopic (exact) mass is 276 g/mol. The fraction of sp³-hybridized carbons (Fsp3) is 0.250. The number of nitro benzene ring substituents is 1. The van der Waals surface area contributed by atoms with Gasteiger partial charge in [0.15, 0.2) is 0 Å². The summed E-state index contributed by atoms with van der Waals surface area (Å²) in [5.41, 5.74) is 3.07. The Bertz CT molecular complexity index is 597. The molecule has 0 saturated carbocycles. The zero-order chi connectivity index (χ0) is 14.5. The van der Waals surface area contributed by atoms with Gasteiger partial charge in [-0.3, -0.25) is 19.7 Å². The molecule has 0 aromatic heterocycles. The SMILES string of the molecule is O=C1CCC(C(=O)NCc2cccc([N+](=O)[O-])c2)=NN1. The molecule has 0 spiro atoms. The van der Waals surface area contributed by atoms with E-state index in [1.165, 1.54) is 12.1 Å². The Labute approximate surface area is 114 Å². The number of carbonyl (C=O) groups is 2. The van der Waals surface area contributed by atoms with Crippen molar-refractivity contribution in [1.29, 1.82) is 0 Å². The van der Waals surface area contributed by atoms with E-state index < -0.39 is 10.8 Å². The quantitative estimate of drug-likeness (QED) is 0.614. The van der Waals surface area contributed by atoms with Crippen LogP contribution in [0.3, 0.4) is 0 Å². The summed E-state index contributed by atoms with van der Waals surface area (Å²) in [6.07, 6.45) is 0.510. The van der Waals surface area contributed by atoms with Crippen LogP contribution >= 0.6 is 0 Å². The van der Waals surface area contributed by atoms with E-state index in [9.17, 15) is 19.7 Å². The van der Waals surface area contributed by atoms with Gasteiger partial charge in [0, 0.05) is 31.5 Å². The zero-order valence-corrected chi connectivity index (χ0v) is 10.5. The van der Waals surface area contributed by atoms with Crippen molar-refractivity contribution in [3.63, 3.8) is 0 Å². The van der Waals surface area contributed by atoms with Crippen LogP contribution in [-0.4, -0.2) is 22.4 Å². The average Bonchev–Trinajstić information content (AvgIpc) is 2.46. The van der Waals surface area contributed by atoms with Crippen molar-refractivity contribution in [3.8, 4) is 0 Å². The number of amides is 2. The van der Waals surface area contributed by atoms with Gasteiger partial charge in [0.25, 0.3) is 11.6 Å². The van der Waals surface area contributed by atoms with E-state index in [4.69, 9.17) is 0 Å². The van der Waals surface area contributed by atoms with Crippen LogP contribution in [0, 0.1) is 10.1 Å². The normalized spacial score (nSPS) is 14.2. The number of nitro groups is 1. The Morgan fingerprint density at radius 2 is 2.25 bits per heavy atom. The second-order valence-electron chi connectivity index (χ2n) is 4.20. The maximum absolute atomic E-state index is 11.8. The highest BCUT2D eigenvalue weighted by atomic mass is 16.6. The molecule has 1 aromatic carbocycles. The number of carbonyl (C=O) groups excluding carboxylic acids is 2. The minimum atomic E-state index is -0.494. The number of benzene rings is 1. The fourth-order valence-corrected chi connectivity index (χ4v) is 1.70. The minimum Gasteiger partial charge on any atom is -0.347 e. The fourth-order valence-electron chi connectivity index (χ4n) is 1.70. The van der Waals surface area contributed by atoms with Gasteiger partial charge in [0.05, 0.1) is 4.92 Å². The van der Waals surface area contributed by atoms with Crippen LogP contribution in [0.1, 0.15) is 18.4 Å². The third kappa shape index (κ3) is 3.37. The van der Waals surface area contributed by atoms with Crippen molar-refractivity contribution in [1.82, 2.24) is 10.7 Å². The van der Waals surface area contributed by atoms with Crippen LogP contribution in [0.15, 0.2) is 29.4 Å². The smallest absolute Gasteiger partial charge is 0.269 e. The van der Waals surface area contributed by atoms with E-state index >= 15 is 0 Å². The third-order valence-electron chi connectivity index (χ3n) is 2.74. The van der Waals surface area contributed by atoms with Gasteiger partial charge in [-0.25, -0.2) is 5.43 Å². The van der Waals surface area contributed by atoms with Gasteiger partial charge in [-0.05, 0) is 5.56 Å². The Morgan fingerprint density at radius 3 is 2.90 bits per heavy atom. The van der Waals surface area contributed by atoms with Crippen LogP contribution in [0.25, 0.3) is 0 Å². The van der Waals surface area contributed by atoms with Crippen molar-refractivity contribution >= 4 is 23.2 Å². The van der Waals surface area contributed by atoms with Gasteiger partial charge in [0.2, 0.25) is 5.91 Å². The molecule has 1 aromatic rings. The Hall–Kier alpha value is -2.77. The molecule has 8 nitrogen and oxygen atoms in total. The molecule has 0 fully saturated rings. The molecule has 1 aliphatic rings. The Morgan fingerprint density at radius 1 is 1.45 bits per heavy atom. The molecule has 2 N–H and O–H groups in total. The molecular formula is C12H12N4O4. The van der Waals surface area contributed by atoms with E-state index in [1.807, 2.05) is 0 Å². The second kappa shape index (κ2) is 5.91. The summed E-state index contributed by atoms with van der Waals surface area (Å²) in [6.45, 7) is 0.160. The minimum absolute atomic E-state index is 0.0287. The summed E-state index contributed by atoms with van der Waals surface area (Å²) in [5.74, 6) is -0.614. The lowest BCUT2D eigenvalue weighted by atomic mass is 10.1. The van der Waals surface area contributed by atoms with Crippen LogP contribution in [0.5, 0.6) is 0 Å². The van der Waals surface area contributed by atoms with Crippen molar-refractivity contribution in [2.45, 2.75) is 19.4 Å². The summed E-state index contributed by atoms with van der Waals surface area (Å²) in [4.78, 5) is 32.8. The number of hydrazone groups is 1. The topological polar surface area (TPSA) is 114 Å². The first kappa shape index (κ1) is 13.7. The van der Waals surface area contributed by atoms with E-state index in [2.05, 4.69) is 15.8 Å². The highest BCUT2D eigenvalue weighted by Crippen LogP contribution is 2.12. The highest BCUT2D eigenvalue weighted by molar-refractivity contribution is 6.39. The largest absolute Gasteiger partial charge is 0.347 e. The second-order valence-corrected chi connectivity index (χ2v) is 4.20. The molecule has 0 bridgehead atoms. The van der Waals surface area contributed by atoms with E-state index in [-0.39, 0.29) is 36.7 Å². The molecule has 20 heavy (non-hydrogen) atoms. The van der Waals surface area contributed by atoms with Crippen molar-refractivity contribution in [2.24, 2.45) is 5.10 Å². The standard InChI is InChI=1S/C12H12N4O4/c17-11-5-4-10(14-15-11)12(18)13-7-8-2-1-3-9(6-8)16(19)20/h1-3,6H,4-5,7H2,(H,13,18)(H,15,17). The van der Waals surface area contributed by atoms with Gasteiger partial charge in [-0.2, -0.15) is 5.10 Å². The molecule has 0 saturated heterocycles. The van der Waals surface area contributed by atoms with Gasteiger partial charge in [-0.15, -0.1) is 0 Å². The van der Waals surface area contributed by atoms with Gasteiger partial charge >= 0.3 is 0 Å². The molecule has 8 heteroatoms. The number of rotatable bonds is 4. The molecule has 2 rings (SSSR count). The molecule has 1 aliphatic heterocycles. The number of hydrogen-bond acceptors (Lipinski definition) is 5. The summed E-state index contributed by atoms with van der Waals surface area (Å²) in [7, 11) is 0. The number of nitrogens with zero attached hydrogens (tertiary/aromatic N) is 2. The summed E-state index contributed by atoms with van der Waals surface area (Å²) >= 11 is 0. The number of nitrogens with one attached hydrogen (secondary N) is 2. The van der Waals surface area contributed by atoms with Crippen LogP contribution in [-0.2, 0) is 16.1 Å². The van der Waals surface area contributed by atoms with E-state index in [0.29, 0.717) is 5.56 Å². The number of hydrogen-bond donors (Lipinski definition) is 2. The van der Waals surface area contributed by atoms with Crippen LogP contribution in [0.2, 0.25) is 0 Å². The summed E-state index contributed by atoms with van der Waals surface area (Å²) in [6, 6.07) is 6.01. The summed E-state index contributed by atoms with van der Waals surface area (Å²) < 4.78 is 0. The van der Waals surface area contributed by atoms with Gasteiger partial charge in [-0.1, -0.05) is 12.1 Å². The lowest BCUT2D eigenvalue weighted by Crippen LogP contribution is -2.36. The lowest BCUT2D eigenvalue weighted by Gasteiger charge is -2.11. The number of non-ortho nitro benzene ring substituents is 1. The first-order valence-electron chi connectivity index (χ1n) is 5.93. The first-order chi connectivity index (χ1) is 9.56. The molecule has 2 amide bonds. The average molecular weight is 276 g/mol. The highest BCUT2D eigenvalue weighted by Gasteiger charge is 2.18. The van der Waals surface area contributed by atoms with Crippen LogP contribution < -0.4 is 10.7 Å². The lowest BCUT2D eigenvalue weighted by molar-refractivity contribution is -0.384. The molecule has 0 radical (unpaired) electrons. The molecule has 1 heterocycles. The first-order valence-corrected chi connectivity index (χ1v) is 5.93. The Kier molecular flexibility index (Phi) is 4.04. The summed E-state index contributed by atoms with van der Waals surface area (Å²) in [5, 5.41) is 16.9. The van der Waals surface area contributed by atoms with Gasteiger partial charge < -0.3 is 5.32 Å². The van der Waals surface area contributed by atoms with Crippen LogP contribution in [0.4, 0.5) is 5.69 Å².